The minimum Gasteiger partial charge on any atom is -0.449 e. The van der Waals surface area contributed by atoms with Crippen molar-refractivity contribution in [2.45, 2.75) is 39.8 Å². The molecule has 0 saturated carbocycles. The van der Waals surface area contributed by atoms with E-state index in [2.05, 4.69) is 10.1 Å². The van der Waals surface area contributed by atoms with Crippen molar-refractivity contribution in [3.05, 3.63) is 24.3 Å². The molecule has 1 saturated heterocycles. The number of hydrogen-bond acceptors (Lipinski definition) is 5. The molecular formula is C20H29F2N3O4. The van der Waals surface area contributed by atoms with E-state index < -0.39 is 12.7 Å². The van der Waals surface area contributed by atoms with Crippen LogP contribution in [0.25, 0.3) is 0 Å². The van der Waals surface area contributed by atoms with Crippen LogP contribution in [0.1, 0.15) is 27.2 Å². The molecule has 7 nitrogen and oxygen atoms in total. The zero-order valence-corrected chi connectivity index (χ0v) is 17.1. The highest BCUT2D eigenvalue weighted by atomic mass is 19.3. The molecule has 1 unspecified atom stereocenters. The van der Waals surface area contributed by atoms with Crippen molar-refractivity contribution in [1.29, 1.82) is 0 Å². The lowest BCUT2D eigenvalue weighted by Gasteiger charge is -2.27. The highest BCUT2D eigenvalue weighted by molar-refractivity contribution is 5.95. The number of carbonyl (C=O) groups is 2. The zero-order chi connectivity index (χ0) is 21.4. The van der Waals surface area contributed by atoms with Crippen molar-refractivity contribution >= 4 is 17.7 Å². The molecule has 162 valence electrons. The fraction of sp³-hybridized carbons (Fsp3) is 0.600. The number of hydrogen-bond donors (Lipinski definition) is 1. The van der Waals surface area contributed by atoms with Gasteiger partial charge in [0.25, 0.3) is 0 Å². The summed E-state index contributed by atoms with van der Waals surface area (Å²) < 4.78 is 34.8. The third-order valence-corrected chi connectivity index (χ3v) is 4.62. The van der Waals surface area contributed by atoms with E-state index in [0.717, 1.165) is 0 Å². The average Bonchev–Trinajstić information content (AvgIpc) is 2.92. The summed E-state index contributed by atoms with van der Waals surface area (Å²) in [5.74, 6) is -0.146. The highest BCUT2D eigenvalue weighted by Crippen LogP contribution is 2.26. The van der Waals surface area contributed by atoms with Gasteiger partial charge in [0.15, 0.2) is 0 Å². The van der Waals surface area contributed by atoms with Crippen molar-refractivity contribution < 1.29 is 27.8 Å². The van der Waals surface area contributed by atoms with Gasteiger partial charge in [0.05, 0.1) is 18.3 Å². The molecule has 1 aliphatic rings. The maximum Gasteiger partial charge on any atom is 0.409 e. The fourth-order valence-corrected chi connectivity index (χ4v) is 3.01. The number of para-hydroxylation sites is 2. The number of anilines is 1. The molecule has 0 bridgehead atoms. The first kappa shape index (κ1) is 22.9. The van der Waals surface area contributed by atoms with Gasteiger partial charge in [-0.15, -0.1) is 0 Å². The number of alkyl halides is 2. The van der Waals surface area contributed by atoms with Crippen LogP contribution in [-0.4, -0.2) is 67.2 Å². The van der Waals surface area contributed by atoms with Crippen molar-refractivity contribution in [1.82, 2.24) is 9.80 Å². The number of ether oxygens (including phenoxy) is 2. The lowest BCUT2D eigenvalue weighted by molar-refractivity contribution is -0.120. The number of amides is 2. The Morgan fingerprint density at radius 1 is 1.10 bits per heavy atom. The van der Waals surface area contributed by atoms with Gasteiger partial charge < -0.3 is 19.7 Å². The fourth-order valence-electron chi connectivity index (χ4n) is 3.01. The molecule has 1 aromatic rings. The van der Waals surface area contributed by atoms with E-state index in [0.29, 0.717) is 39.2 Å². The molecule has 0 aliphatic carbocycles. The quantitative estimate of drug-likeness (QED) is 0.742. The summed E-state index contributed by atoms with van der Waals surface area (Å²) in [5, 5.41) is 2.66. The first-order valence-electron chi connectivity index (χ1n) is 9.78. The molecular weight excluding hydrogens is 384 g/mol. The molecule has 1 atom stereocenters. The van der Waals surface area contributed by atoms with E-state index in [4.69, 9.17) is 4.74 Å². The smallest absolute Gasteiger partial charge is 0.409 e. The summed E-state index contributed by atoms with van der Waals surface area (Å²) in [5.41, 5.74) is 0.193. The lowest BCUT2D eigenvalue weighted by atomic mass is 10.2. The van der Waals surface area contributed by atoms with Crippen LogP contribution < -0.4 is 10.1 Å². The van der Waals surface area contributed by atoms with Gasteiger partial charge in [-0.1, -0.05) is 26.0 Å². The molecule has 1 fully saturated rings. The van der Waals surface area contributed by atoms with Gasteiger partial charge in [-0.05, 0) is 31.4 Å². The monoisotopic (exact) mass is 413 g/mol. The molecule has 0 radical (unpaired) electrons. The maximum atomic E-state index is 12.7. The largest absolute Gasteiger partial charge is 0.449 e. The second kappa shape index (κ2) is 10.9. The number of benzene rings is 1. The third kappa shape index (κ3) is 7.16. The van der Waals surface area contributed by atoms with Gasteiger partial charge in [-0.2, -0.15) is 8.78 Å². The first-order valence-corrected chi connectivity index (χ1v) is 9.78. The number of nitrogens with one attached hydrogen (secondary N) is 1. The normalized spacial score (nSPS) is 16.4. The Morgan fingerprint density at radius 3 is 2.52 bits per heavy atom. The molecule has 1 aromatic carbocycles. The van der Waals surface area contributed by atoms with Crippen molar-refractivity contribution in [2.75, 3.05) is 38.1 Å². The van der Waals surface area contributed by atoms with Crippen LogP contribution in [0, 0.1) is 5.92 Å². The molecule has 9 heteroatoms. The van der Waals surface area contributed by atoms with E-state index >= 15 is 0 Å². The SMILES string of the molecule is CC(C)COC(=O)N1CCCN(C(C)C(=O)Nc2ccccc2OC(F)F)CC1. The van der Waals surface area contributed by atoms with Crippen LogP contribution in [0.4, 0.5) is 19.3 Å². The Balaban J connectivity index is 1.92. The molecule has 1 aliphatic heterocycles. The van der Waals surface area contributed by atoms with Gasteiger partial charge in [0.2, 0.25) is 5.91 Å². The summed E-state index contributed by atoms with van der Waals surface area (Å²) in [6.45, 7) is 5.27. The van der Waals surface area contributed by atoms with Crippen LogP contribution in [0.15, 0.2) is 24.3 Å². The van der Waals surface area contributed by atoms with Crippen LogP contribution in [0.3, 0.4) is 0 Å². The number of halogens is 2. The minimum atomic E-state index is -2.97. The third-order valence-electron chi connectivity index (χ3n) is 4.62. The number of carbonyl (C=O) groups excluding carboxylic acids is 2. The standard InChI is InChI=1S/C20H29F2N3O4/c1-14(2)13-28-20(27)25-10-6-9-24(11-12-25)15(3)18(26)23-16-7-4-5-8-17(16)29-19(21)22/h4-5,7-8,14-15,19H,6,9-13H2,1-3H3,(H,23,26). The molecule has 2 amide bonds. The zero-order valence-electron chi connectivity index (χ0n) is 17.1. The molecule has 29 heavy (non-hydrogen) atoms. The first-order chi connectivity index (χ1) is 13.8. The van der Waals surface area contributed by atoms with E-state index in [1.807, 2.05) is 18.7 Å². The Kier molecular flexibility index (Phi) is 8.63. The topological polar surface area (TPSA) is 71.1 Å². The van der Waals surface area contributed by atoms with Gasteiger partial charge >= 0.3 is 12.7 Å². The number of rotatable bonds is 7. The Hall–Kier alpha value is -2.42. The van der Waals surface area contributed by atoms with Crippen LogP contribution in [0.5, 0.6) is 5.75 Å². The molecule has 1 heterocycles. The minimum absolute atomic E-state index is 0.0852. The Labute approximate surface area is 169 Å². The van der Waals surface area contributed by atoms with Gasteiger partial charge in [-0.3, -0.25) is 9.69 Å². The summed E-state index contributed by atoms with van der Waals surface area (Å²) in [4.78, 5) is 28.4. The van der Waals surface area contributed by atoms with Gasteiger partial charge in [-0.25, -0.2) is 4.79 Å². The molecule has 0 spiro atoms. The van der Waals surface area contributed by atoms with Crippen LogP contribution in [0.2, 0.25) is 0 Å². The van der Waals surface area contributed by atoms with Gasteiger partial charge in [0.1, 0.15) is 5.75 Å². The predicted octanol–water partition coefficient (Wildman–Crippen LogP) is 3.42. The highest BCUT2D eigenvalue weighted by Gasteiger charge is 2.27. The van der Waals surface area contributed by atoms with E-state index in [-0.39, 0.29) is 29.4 Å². The lowest BCUT2D eigenvalue weighted by Crippen LogP contribution is -2.44. The van der Waals surface area contributed by atoms with E-state index in [9.17, 15) is 18.4 Å². The second-order valence-electron chi connectivity index (χ2n) is 7.39. The van der Waals surface area contributed by atoms with E-state index in [1.165, 1.54) is 12.1 Å². The Morgan fingerprint density at radius 2 is 1.83 bits per heavy atom. The predicted molar refractivity (Wildman–Crippen MR) is 105 cm³/mol. The second-order valence-corrected chi connectivity index (χ2v) is 7.39. The van der Waals surface area contributed by atoms with Crippen molar-refractivity contribution in [3.63, 3.8) is 0 Å². The molecule has 0 aromatic heterocycles. The Bertz CT molecular complexity index is 687. The summed E-state index contributed by atoms with van der Waals surface area (Å²) in [7, 11) is 0. The average molecular weight is 413 g/mol. The summed E-state index contributed by atoms with van der Waals surface area (Å²) in [6, 6.07) is 5.57. The van der Waals surface area contributed by atoms with Crippen LogP contribution in [-0.2, 0) is 9.53 Å². The molecule has 1 N–H and O–H groups in total. The van der Waals surface area contributed by atoms with Crippen molar-refractivity contribution in [2.24, 2.45) is 5.92 Å². The molecule has 2 rings (SSSR count). The number of nitrogens with zero attached hydrogens (tertiary/aromatic N) is 2. The summed E-state index contributed by atoms with van der Waals surface area (Å²) in [6.07, 6.45) is 0.371. The van der Waals surface area contributed by atoms with Crippen LogP contribution >= 0.6 is 0 Å². The van der Waals surface area contributed by atoms with E-state index in [1.54, 1.807) is 24.0 Å². The maximum absolute atomic E-state index is 12.7. The summed E-state index contributed by atoms with van der Waals surface area (Å²) >= 11 is 0. The van der Waals surface area contributed by atoms with Gasteiger partial charge in [0, 0.05) is 26.2 Å². The van der Waals surface area contributed by atoms with Crippen molar-refractivity contribution in [3.8, 4) is 5.75 Å².